The Hall–Kier alpha value is -4.64. The van der Waals surface area contributed by atoms with Crippen LogP contribution in [-0.4, -0.2) is 20.7 Å². The van der Waals surface area contributed by atoms with Gasteiger partial charge in [0.2, 0.25) is 23.5 Å². The van der Waals surface area contributed by atoms with Crippen LogP contribution in [0.15, 0.2) is 59.9 Å². The number of halogens is 3. The highest BCUT2D eigenvalue weighted by atomic mass is 19.4. The number of carbonyl (C=O) groups excluding carboxylic acids is 1. The Morgan fingerprint density at radius 3 is 2.53 bits per heavy atom. The molecule has 3 aromatic rings. The first kappa shape index (κ1) is 23.1. The number of alkyl halides is 3. The van der Waals surface area contributed by atoms with Crippen LogP contribution in [0.4, 0.5) is 30.8 Å². The van der Waals surface area contributed by atoms with Gasteiger partial charge in [0.25, 0.3) is 0 Å². The zero-order valence-electron chi connectivity index (χ0n) is 18.9. The highest BCUT2D eigenvalue weighted by molar-refractivity contribution is 5.93. The molecule has 1 unspecified atom stereocenters. The van der Waals surface area contributed by atoms with Crippen molar-refractivity contribution in [3.63, 3.8) is 0 Å². The fraction of sp³-hybridized carbons (Fsp3) is 0.240. The maximum absolute atomic E-state index is 13.5. The second-order valence-corrected chi connectivity index (χ2v) is 8.56. The SMILES string of the molecule is [C-]#[N+]C1=C(C)N(c2cccc(C(F)(F)F)c2)c2nnc(NC(=O)C3CC3)n2C1c1ccc(C#N)cc1. The smallest absolute Gasteiger partial charge is 0.294 e. The van der Waals surface area contributed by atoms with Crippen LogP contribution in [0.2, 0.25) is 0 Å². The van der Waals surface area contributed by atoms with E-state index in [4.69, 9.17) is 6.57 Å². The molecule has 1 aliphatic carbocycles. The Kier molecular flexibility index (Phi) is 5.48. The highest BCUT2D eigenvalue weighted by Gasteiger charge is 2.39. The second-order valence-electron chi connectivity index (χ2n) is 8.56. The zero-order chi connectivity index (χ0) is 25.6. The molecule has 1 fully saturated rings. The van der Waals surface area contributed by atoms with Crippen LogP contribution in [0.1, 0.15) is 42.5 Å². The molecule has 1 aromatic heterocycles. The van der Waals surface area contributed by atoms with Gasteiger partial charge in [0.15, 0.2) is 0 Å². The van der Waals surface area contributed by atoms with E-state index in [0.29, 0.717) is 16.8 Å². The lowest BCUT2D eigenvalue weighted by molar-refractivity contribution is -0.137. The van der Waals surface area contributed by atoms with Gasteiger partial charge in [0.1, 0.15) is 6.04 Å². The Bertz CT molecular complexity index is 1470. The molecule has 5 rings (SSSR count). The van der Waals surface area contributed by atoms with Gasteiger partial charge >= 0.3 is 6.18 Å². The van der Waals surface area contributed by atoms with Crippen LogP contribution >= 0.6 is 0 Å². The molecule has 2 heterocycles. The zero-order valence-corrected chi connectivity index (χ0v) is 18.9. The molecule has 0 radical (unpaired) electrons. The second kappa shape index (κ2) is 8.54. The van der Waals surface area contributed by atoms with Crippen LogP contribution in [-0.2, 0) is 11.0 Å². The van der Waals surface area contributed by atoms with Crippen molar-refractivity contribution in [2.45, 2.75) is 32.0 Å². The molecule has 0 bridgehead atoms. The Labute approximate surface area is 204 Å². The standard InChI is InChI=1S/C25H18F3N7O/c1-14-20(30-2)21(16-8-6-15(13-29)7-9-16)35-23(31-22(36)17-10-11-17)32-33-24(35)34(14)19-5-3-4-18(12-19)25(26,27)28/h3-9,12,17,21H,10-11H2,1H3,(H,31,32,36). The van der Waals surface area contributed by atoms with Crippen molar-refractivity contribution in [1.29, 1.82) is 5.26 Å². The minimum atomic E-state index is -4.56. The van der Waals surface area contributed by atoms with Gasteiger partial charge in [0, 0.05) is 17.3 Å². The van der Waals surface area contributed by atoms with Gasteiger partial charge in [-0.2, -0.15) is 18.4 Å². The van der Waals surface area contributed by atoms with Crippen molar-refractivity contribution >= 4 is 23.5 Å². The molecule has 1 atom stereocenters. The number of allylic oxidation sites excluding steroid dienone is 2. The van der Waals surface area contributed by atoms with E-state index in [2.05, 4.69) is 20.4 Å². The number of nitrogens with zero attached hydrogens (tertiary/aromatic N) is 6. The fourth-order valence-corrected chi connectivity index (χ4v) is 4.22. The van der Waals surface area contributed by atoms with E-state index < -0.39 is 17.8 Å². The van der Waals surface area contributed by atoms with Crippen molar-refractivity contribution in [3.8, 4) is 6.07 Å². The van der Waals surface area contributed by atoms with Crippen molar-refractivity contribution in [3.05, 3.63) is 88.0 Å². The summed E-state index contributed by atoms with van der Waals surface area (Å²) in [5.74, 6) is -0.126. The summed E-state index contributed by atoms with van der Waals surface area (Å²) in [4.78, 5) is 17.7. The number of hydrogen-bond acceptors (Lipinski definition) is 5. The van der Waals surface area contributed by atoms with E-state index >= 15 is 0 Å². The normalized spacial score (nSPS) is 17.3. The number of anilines is 3. The van der Waals surface area contributed by atoms with Crippen LogP contribution in [0.25, 0.3) is 4.85 Å². The third-order valence-corrected chi connectivity index (χ3v) is 6.19. The molecule has 2 aromatic carbocycles. The fourth-order valence-electron chi connectivity index (χ4n) is 4.22. The maximum atomic E-state index is 13.5. The number of nitriles is 1. The first-order valence-corrected chi connectivity index (χ1v) is 11.0. The predicted molar refractivity (Wildman–Crippen MR) is 124 cm³/mol. The molecule has 2 aliphatic rings. The Morgan fingerprint density at radius 1 is 1.19 bits per heavy atom. The van der Waals surface area contributed by atoms with E-state index in [9.17, 15) is 23.2 Å². The van der Waals surface area contributed by atoms with Gasteiger partial charge in [-0.15, -0.1) is 10.2 Å². The van der Waals surface area contributed by atoms with Gasteiger partial charge < -0.3 is 0 Å². The monoisotopic (exact) mass is 489 g/mol. The number of rotatable bonds is 4. The average Bonchev–Trinajstić information content (AvgIpc) is 3.65. The summed E-state index contributed by atoms with van der Waals surface area (Å²) in [5, 5.41) is 20.3. The summed E-state index contributed by atoms with van der Waals surface area (Å²) >= 11 is 0. The van der Waals surface area contributed by atoms with Gasteiger partial charge in [-0.1, -0.05) is 18.2 Å². The third kappa shape index (κ3) is 3.95. The number of nitrogens with one attached hydrogen (secondary N) is 1. The molecule has 1 aliphatic heterocycles. The Morgan fingerprint density at radius 2 is 1.92 bits per heavy atom. The summed E-state index contributed by atoms with van der Waals surface area (Å²) in [6, 6.07) is 12.6. The van der Waals surface area contributed by atoms with Crippen molar-refractivity contribution < 1.29 is 18.0 Å². The topological polar surface area (TPSA) is 91.2 Å². The molecule has 1 saturated carbocycles. The lowest BCUT2D eigenvalue weighted by atomic mass is 9.98. The number of benzene rings is 2. The quantitative estimate of drug-likeness (QED) is 0.495. The van der Waals surface area contributed by atoms with Crippen molar-refractivity contribution in [2.24, 2.45) is 5.92 Å². The van der Waals surface area contributed by atoms with E-state index in [0.717, 1.165) is 25.0 Å². The van der Waals surface area contributed by atoms with Crippen LogP contribution in [0.3, 0.4) is 0 Å². The largest absolute Gasteiger partial charge is 0.416 e. The molecule has 11 heteroatoms. The molecule has 8 nitrogen and oxygen atoms in total. The molecule has 1 amide bonds. The summed E-state index contributed by atoms with van der Waals surface area (Å²) in [6.45, 7) is 9.56. The molecule has 180 valence electrons. The van der Waals surface area contributed by atoms with E-state index in [1.165, 1.54) is 17.0 Å². The average molecular weight is 489 g/mol. The van der Waals surface area contributed by atoms with Crippen molar-refractivity contribution in [2.75, 3.05) is 10.2 Å². The number of aromatic nitrogens is 3. The van der Waals surface area contributed by atoms with Crippen molar-refractivity contribution in [1.82, 2.24) is 14.8 Å². The number of carbonyl (C=O) groups is 1. The molecule has 1 N–H and O–H groups in total. The van der Waals surface area contributed by atoms with Crippen LogP contribution < -0.4 is 10.2 Å². The van der Waals surface area contributed by atoms with Crippen LogP contribution in [0, 0.1) is 23.8 Å². The molecular formula is C25H18F3N7O. The lowest BCUT2D eigenvalue weighted by Gasteiger charge is -2.35. The van der Waals surface area contributed by atoms with Gasteiger partial charge in [-0.25, -0.2) is 4.85 Å². The summed E-state index contributed by atoms with van der Waals surface area (Å²) in [5.41, 5.74) is 0.947. The van der Waals surface area contributed by atoms with Gasteiger partial charge in [-0.3, -0.25) is 19.6 Å². The minimum Gasteiger partial charge on any atom is -0.294 e. The van der Waals surface area contributed by atoms with E-state index in [1.807, 2.05) is 6.07 Å². The van der Waals surface area contributed by atoms with Gasteiger partial charge in [-0.05, 0) is 55.7 Å². The minimum absolute atomic E-state index is 0.0851. The molecular weight excluding hydrogens is 471 g/mol. The number of fused-ring (bicyclic) bond motifs is 1. The summed E-state index contributed by atoms with van der Waals surface area (Å²) in [7, 11) is 0. The van der Waals surface area contributed by atoms with E-state index in [-0.39, 0.29) is 35.1 Å². The highest BCUT2D eigenvalue weighted by Crippen LogP contribution is 2.45. The first-order valence-electron chi connectivity index (χ1n) is 11.0. The first-order chi connectivity index (χ1) is 17.2. The third-order valence-electron chi connectivity index (χ3n) is 6.19. The maximum Gasteiger partial charge on any atom is 0.416 e. The summed E-state index contributed by atoms with van der Waals surface area (Å²) in [6.07, 6.45) is -3.04. The lowest BCUT2D eigenvalue weighted by Crippen LogP contribution is -2.31. The Balaban J connectivity index is 1.71. The van der Waals surface area contributed by atoms with E-state index in [1.54, 1.807) is 35.8 Å². The van der Waals surface area contributed by atoms with Crippen LogP contribution in [0.5, 0.6) is 0 Å². The summed E-state index contributed by atoms with van der Waals surface area (Å²) < 4.78 is 41.9. The number of amides is 1. The predicted octanol–water partition coefficient (Wildman–Crippen LogP) is 5.41. The number of hydrogen-bond donors (Lipinski definition) is 1. The van der Waals surface area contributed by atoms with Gasteiger partial charge in [0.05, 0.1) is 23.8 Å². The molecule has 36 heavy (non-hydrogen) atoms. The molecule has 0 spiro atoms. The molecule has 0 saturated heterocycles.